The lowest BCUT2D eigenvalue weighted by atomic mass is 9.68. The van der Waals surface area contributed by atoms with E-state index in [2.05, 4.69) is 43.4 Å². The molecule has 7 rings (SSSR count). The van der Waals surface area contributed by atoms with Gasteiger partial charge in [-0.1, -0.05) is 36.7 Å². The number of methoxy groups -OCH3 is 1. The lowest BCUT2D eigenvalue weighted by Gasteiger charge is -2.46. The van der Waals surface area contributed by atoms with Gasteiger partial charge in [0.05, 0.1) is 30.8 Å². The van der Waals surface area contributed by atoms with Gasteiger partial charge in [-0.3, -0.25) is 19.0 Å². The Kier molecular flexibility index (Phi) is 10.4. The number of aryl methyl sites for hydroxylation is 2. The van der Waals surface area contributed by atoms with Gasteiger partial charge in [0.2, 0.25) is 5.88 Å². The molecule has 1 N–H and O–H groups in total. The summed E-state index contributed by atoms with van der Waals surface area (Å²) in [6.45, 7) is 5.99. The van der Waals surface area contributed by atoms with E-state index in [9.17, 15) is 13.8 Å². The number of hydrogen-bond acceptors (Lipinski definition) is 8. The molecule has 52 heavy (non-hydrogen) atoms. The molecule has 3 aromatic rings. The summed E-state index contributed by atoms with van der Waals surface area (Å²) in [6, 6.07) is 11.5. The van der Waals surface area contributed by atoms with Gasteiger partial charge < -0.3 is 19.1 Å². The summed E-state index contributed by atoms with van der Waals surface area (Å²) in [7, 11) is -0.173. The number of fused-ring (bicyclic) bond motifs is 4. The molecule has 1 fully saturated rings. The quantitative estimate of drug-likeness (QED) is 0.292. The highest BCUT2D eigenvalue weighted by Gasteiger charge is 2.44. The number of anilines is 1. The zero-order chi connectivity index (χ0) is 36.6. The molecule has 0 saturated heterocycles. The van der Waals surface area contributed by atoms with E-state index >= 15 is 0 Å². The third kappa shape index (κ3) is 7.34. The first kappa shape index (κ1) is 36.5. The van der Waals surface area contributed by atoms with Gasteiger partial charge in [-0.25, -0.2) is 4.21 Å². The van der Waals surface area contributed by atoms with Gasteiger partial charge in [-0.15, -0.1) is 9.46 Å². The zero-order valence-electron chi connectivity index (χ0n) is 30.3. The van der Waals surface area contributed by atoms with E-state index in [1.807, 2.05) is 25.1 Å². The Bertz CT molecular complexity index is 2010. The van der Waals surface area contributed by atoms with E-state index < -0.39 is 21.7 Å². The van der Waals surface area contributed by atoms with Crippen LogP contribution < -0.4 is 19.1 Å². The van der Waals surface area contributed by atoms with Gasteiger partial charge >= 0.3 is 0 Å². The van der Waals surface area contributed by atoms with Crippen LogP contribution in [-0.2, 0) is 33.5 Å². The van der Waals surface area contributed by atoms with E-state index in [1.165, 1.54) is 22.0 Å². The second-order valence-electron chi connectivity index (χ2n) is 14.8. The van der Waals surface area contributed by atoms with Crippen LogP contribution in [-0.4, -0.2) is 71.1 Å². The van der Waals surface area contributed by atoms with E-state index in [0.29, 0.717) is 43.8 Å². The number of ether oxygens (including phenoxy) is 3. The summed E-state index contributed by atoms with van der Waals surface area (Å²) in [5, 5.41) is 4.95. The average Bonchev–Trinajstić information content (AvgIpc) is 3.39. The van der Waals surface area contributed by atoms with E-state index in [4.69, 9.17) is 25.8 Å². The van der Waals surface area contributed by atoms with Crippen molar-refractivity contribution >= 4 is 39.0 Å². The molecule has 278 valence electrons. The fraction of sp³-hybridized carbons (Fsp3) is 0.513. The number of allylic oxidation sites excluding steroid dienone is 1. The molecule has 0 radical (unpaired) electrons. The minimum absolute atomic E-state index is 0.0329. The summed E-state index contributed by atoms with van der Waals surface area (Å²) in [5.41, 5.74) is 3.45. The van der Waals surface area contributed by atoms with Gasteiger partial charge in [0, 0.05) is 49.4 Å². The molecule has 1 spiro atoms. The van der Waals surface area contributed by atoms with Crippen LogP contribution in [0.15, 0.2) is 59.1 Å². The molecule has 1 aromatic heterocycles. The van der Waals surface area contributed by atoms with Crippen molar-refractivity contribution in [3.8, 4) is 11.6 Å². The smallest absolute Gasteiger partial charge is 0.286 e. The highest BCUT2D eigenvalue weighted by molar-refractivity contribution is 7.92. The average molecular weight is 750 g/mol. The fourth-order valence-corrected chi connectivity index (χ4v) is 10.5. The van der Waals surface area contributed by atoms with Crippen molar-refractivity contribution in [1.29, 1.82) is 0 Å². The Labute approximate surface area is 311 Å². The molecule has 3 heterocycles. The molecular formula is C39H48ClN5O6S. The lowest BCUT2D eigenvalue weighted by Crippen LogP contribution is -2.49. The number of rotatable bonds is 5. The van der Waals surface area contributed by atoms with Gasteiger partial charge in [-0.2, -0.15) is 0 Å². The summed E-state index contributed by atoms with van der Waals surface area (Å²) in [6.07, 6.45) is 11.3. The molecule has 13 heteroatoms. The maximum absolute atomic E-state index is 14.6. The van der Waals surface area contributed by atoms with Gasteiger partial charge in [0.25, 0.3) is 11.8 Å². The molecule has 2 aliphatic heterocycles. The van der Waals surface area contributed by atoms with Crippen LogP contribution in [0.25, 0.3) is 0 Å². The zero-order valence-corrected chi connectivity index (χ0v) is 31.9. The number of carbonyl (C=O) groups excluding carboxylic acids is 2. The van der Waals surface area contributed by atoms with Crippen LogP contribution >= 0.6 is 11.6 Å². The molecular weight excluding hydrogens is 702 g/mol. The molecule has 4 aliphatic rings. The van der Waals surface area contributed by atoms with Crippen molar-refractivity contribution in [2.45, 2.75) is 63.9 Å². The number of halogens is 1. The minimum Gasteiger partial charge on any atom is -0.490 e. The number of nitrogens with zero attached hydrogens (tertiary/aromatic N) is 4. The van der Waals surface area contributed by atoms with Crippen molar-refractivity contribution in [3.05, 3.63) is 82.0 Å². The van der Waals surface area contributed by atoms with Crippen molar-refractivity contribution < 1.29 is 28.0 Å². The Morgan fingerprint density at radius 1 is 1.21 bits per heavy atom. The maximum atomic E-state index is 14.6. The molecule has 11 nitrogen and oxygen atoms in total. The van der Waals surface area contributed by atoms with E-state index in [-0.39, 0.29) is 40.2 Å². The van der Waals surface area contributed by atoms with Crippen LogP contribution in [0.5, 0.6) is 11.6 Å². The number of hydrogen-bond donors (Lipinski definition) is 1. The van der Waals surface area contributed by atoms with Crippen molar-refractivity contribution in [3.63, 3.8) is 0 Å². The van der Waals surface area contributed by atoms with Crippen molar-refractivity contribution in [1.82, 2.24) is 14.5 Å². The van der Waals surface area contributed by atoms with E-state index in [1.54, 1.807) is 27.1 Å². The third-order valence-corrected chi connectivity index (χ3v) is 13.3. The van der Waals surface area contributed by atoms with Crippen LogP contribution in [0.3, 0.4) is 0 Å². The molecule has 2 bridgehead atoms. The number of benzene rings is 2. The minimum atomic E-state index is -3.60. The number of aromatic nitrogens is 2. The predicted octanol–water partition coefficient (Wildman–Crippen LogP) is 6.54. The highest BCUT2D eigenvalue weighted by Crippen LogP contribution is 2.47. The summed E-state index contributed by atoms with van der Waals surface area (Å²) in [5.74, 6) is -0.0386. The number of amides is 2. The number of carbonyl (C=O) groups is 2. The SMILES string of the molecule is CCOc1nn(C)cc1C(=O)NS1(=O)=NC(=O)c2ccc3c(c2)N(C[C@@H]2CC[C@H]2[C@@H](OC)/C=C/C[C@H](C)C1)C[C@@]1(CCCc2cc(Cl)ccc21)CO3. The van der Waals surface area contributed by atoms with E-state index in [0.717, 1.165) is 49.4 Å². The van der Waals surface area contributed by atoms with Crippen LogP contribution in [0.2, 0.25) is 5.02 Å². The standard InChI is InChI=1S/C39H48ClN5O6S/c1-5-50-38-31(21-44(3)41-38)37(47)43-52(48)22-25(2)8-6-10-34(49-4)30-14-11-28(30)20-45-23-39(17-7-9-26-18-29(40)13-15-32(26)39)24-51-35-16-12-27(19-33(35)45)36(46)42-52/h6,10,12-13,15-16,18-19,21,25,28,30,34H,5,7-9,11,14,17,20,22-24H2,1-4H3,(H,42,43,46,47,48)/b10-6+/t25-,28-,30+,34-,39-,52?/m0/s1. The van der Waals surface area contributed by atoms with Crippen LogP contribution in [0.4, 0.5) is 5.69 Å². The van der Waals surface area contributed by atoms with Crippen molar-refractivity contribution in [2.75, 3.05) is 44.1 Å². The number of nitrogens with one attached hydrogen (secondary N) is 1. The van der Waals surface area contributed by atoms with Crippen molar-refractivity contribution in [2.24, 2.45) is 29.2 Å². The molecule has 2 aliphatic carbocycles. The Balaban J connectivity index is 1.30. The molecule has 1 saturated carbocycles. The monoisotopic (exact) mass is 749 g/mol. The first-order valence-corrected chi connectivity index (χ1v) is 20.3. The van der Waals surface area contributed by atoms with Crippen LogP contribution in [0, 0.1) is 17.8 Å². The third-order valence-electron chi connectivity index (χ3n) is 11.1. The molecule has 1 unspecified atom stereocenters. The normalized spacial score (nSPS) is 29.4. The first-order chi connectivity index (χ1) is 25.0. The lowest BCUT2D eigenvalue weighted by molar-refractivity contribution is 0.0131. The second kappa shape index (κ2) is 14.9. The summed E-state index contributed by atoms with van der Waals surface area (Å²) < 4.78 is 41.3. The second-order valence-corrected chi connectivity index (χ2v) is 17.3. The maximum Gasteiger partial charge on any atom is 0.286 e. The Morgan fingerprint density at radius 2 is 2.06 bits per heavy atom. The summed E-state index contributed by atoms with van der Waals surface area (Å²) in [4.78, 5) is 30.0. The van der Waals surface area contributed by atoms with Gasteiger partial charge in [0.15, 0.2) is 0 Å². The largest absolute Gasteiger partial charge is 0.490 e. The summed E-state index contributed by atoms with van der Waals surface area (Å²) >= 11 is 6.46. The fourth-order valence-electron chi connectivity index (χ4n) is 8.43. The molecule has 6 atom stereocenters. The van der Waals surface area contributed by atoms with Gasteiger partial charge in [0.1, 0.15) is 21.2 Å². The molecule has 2 amide bonds. The van der Waals surface area contributed by atoms with Crippen LogP contribution in [0.1, 0.15) is 77.8 Å². The molecule has 2 aromatic carbocycles. The highest BCUT2D eigenvalue weighted by atomic mass is 35.5. The van der Waals surface area contributed by atoms with Gasteiger partial charge in [-0.05, 0) is 105 Å². The Morgan fingerprint density at radius 3 is 2.83 bits per heavy atom. The predicted molar refractivity (Wildman–Crippen MR) is 202 cm³/mol. The Hall–Kier alpha value is -3.87. The topological polar surface area (TPSA) is 124 Å². The first-order valence-electron chi connectivity index (χ1n) is 18.3.